The van der Waals surface area contributed by atoms with Crippen molar-refractivity contribution in [3.05, 3.63) is 29.3 Å². The SMILES string of the molecule is Cc1c(C#N)c(NCCS(=O)(=O)O)nc(NCCS(=O)(=O)O)c1N=Nc1nc2ccc(S(C)(=O)=O)cc2s1. The summed E-state index contributed by atoms with van der Waals surface area (Å²) in [7, 11) is -12.0. The van der Waals surface area contributed by atoms with Gasteiger partial charge in [-0.25, -0.2) is 18.4 Å². The van der Waals surface area contributed by atoms with Crippen LogP contribution in [-0.2, 0) is 30.1 Å². The van der Waals surface area contributed by atoms with Crippen molar-refractivity contribution in [2.45, 2.75) is 11.8 Å². The lowest BCUT2D eigenvalue weighted by Gasteiger charge is -2.15. The monoisotopic (exact) mass is 603 g/mol. The molecule has 0 aliphatic heterocycles. The number of fused-ring (bicyclic) bond motifs is 1. The smallest absolute Gasteiger partial charge is 0.266 e. The Labute approximate surface area is 222 Å². The highest BCUT2D eigenvalue weighted by atomic mass is 32.2. The number of anilines is 2. The van der Waals surface area contributed by atoms with Crippen molar-refractivity contribution in [3.63, 3.8) is 0 Å². The second-order valence-electron chi connectivity index (χ2n) is 7.79. The minimum Gasteiger partial charge on any atom is -0.368 e. The minimum atomic E-state index is -4.31. The van der Waals surface area contributed by atoms with E-state index >= 15 is 0 Å². The molecule has 0 bridgehead atoms. The van der Waals surface area contributed by atoms with Crippen LogP contribution in [0.25, 0.3) is 10.2 Å². The van der Waals surface area contributed by atoms with Crippen molar-refractivity contribution < 1.29 is 34.4 Å². The molecule has 0 unspecified atom stereocenters. The standard InChI is InChI=1S/C19H21N7O8S4/c1-11-13(10-20)17(21-5-7-37(29,30)31)24-18(22-6-8-38(32,33)34)16(11)25-26-19-23-14-4-3-12(36(2,27)28)9-15(14)35-19/h3-4,9H,5-8H2,1-2H3,(H2,21,22,24)(H,29,30,31)(H,32,33,34). The number of hydrogen-bond acceptors (Lipinski definition) is 14. The van der Waals surface area contributed by atoms with Crippen LogP contribution in [0.2, 0.25) is 0 Å². The molecule has 38 heavy (non-hydrogen) atoms. The van der Waals surface area contributed by atoms with Gasteiger partial charge in [0.2, 0.25) is 5.13 Å². The molecular weight excluding hydrogens is 583 g/mol. The van der Waals surface area contributed by atoms with Crippen LogP contribution in [0.15, 0.2) is 33.3 Å². The van der Waals surface area contributed by atoms with E-state index in [1.807, 2.05) is 6.07 Å². The van der Waals surface area contributed by atoms with Gasteiger partial charge in [0.1, 0.15) is 17.6 Å². The number of azo groups is 1. The zero-order valence-electron chi connectivity index (χ0n) is 19.8. The average molecular weight is 604 g/mol. The summed E-state index contributed by atoms with van der Waals surface area (Å²) < 4.78 is 86.5. The van der Waals surface area contributed by atoms with Crippen LogP contribution in [0.4, 0.5) is 22.5 Å². The minimum absolute atomic E-state index is 0.0169. The Kier molecular flexibility index (Phi) is 8.65. The summed E-state index contributed by atoms with van der Waals surface area (Å²) in [6.07, 6.45) is 1.08. The lowest BCUT2D eigenvalue weighted by Crippen LogP contribution is -2.18. The molecule has 0 aliphatic rings. The van der Waals surface area contributed by atoms with E-state index in [9.17, 15) is 30.5 Å². The Bertz CT molecular complexity index is 1780. The molecule has 0 saturated heterocycles. The van der Waals surface area contributed by atoms with E-state index in [-0.39, 0.29) is 51.6 Å². The summed E-state index contributed by atoms with van der Waals surface area (Å²) in [6.45, 7) is 0.930. The van der Waals surface area contributed by atoms with Crippen molar-refractivity contribution in [2.75, 3.05) is 41.5 Å². The van der Waals surface area contributed by atoms with E-state index in [4.69, 9.17) is 9.11 Å². The van der Waals surface area contributed by atoms with Crippen LogP contribution in [0.5, 0.6) is 0 Å². The molecule has 4 N–H and O–H groups in total. The van der Waals surface area contributed by atoms with Gasteiger partial charge in [-0.1, -0.05) is 11.3 Å². The van der Waals surface area contributed by atoms with Crippen molar-refractivity contribution >= 4 is 74.1 Å². The van der Waals surface area contributed by atoms with E-state index in [2.05, 4.69) is 30.8 Å². The van der Waals surface area contributed by atoms with Gasteiger partial charge in [-0.2, -0.15) is 22.1 Å². The van der Waals surface area contributed by atoms with Crippen LogP contribution < -0.4 is 10.6 Å². The van der Waals surface area contributed by atoms with Crippen LogP contribution in [0, 0.1) is 18.3 Å². The van der Waals surface area contributed by atoms with Gasteiger partial charge in [0, 0.05) is 24.9 Å². The highest BCUT2D eigenvalue weighted by molar-refractivity contribution is 7.90. The number of nitrogens with zero attached hydrogens (tertiary/aromatic N) is 5. The highest BCUT2D eigenvalue weighted by Crippen LogP contribution is 2.36. The third-order valence-electron chi connectivity index (χ3n) is 4.84. The number of rotatable bonds is 11. The van der Waals surface area contributed by atoms with Gasteiger partial charge < -0.3 is 10.6 Å². The fourth-order valence-electron chi connectivity index (χ4n) is 3.06. The molecule has 2 aromatic heterocycles. The van der Waals surface area contributed by atoms with Gasteiger partial charge >= 0.3 is 0 Å². The first-order valence-corrected chi connectivity index (χ1v) is 16.3. The average Bonchev–Trinajstić information content (AvgIpc) is 3.18. The first-order valence-electron chi connectivity index (χ1n) is 10.4. The molecule has 1 aromatic carbocycles. The largest absolute Gasteiger partial charge is 0.368 e. The summed E-state index contributed by atoms with van der Waals surface area (Å²) >= 11 is 1.06. The molecule has 15 nitrogen and oxygen atoms in total. The maximum Gasteiger partial charge on any atom is 0.266 e. The topological polar surface area (TPSA) is 241 Å². The molecule has 0 fully saturated rings. The molecule has 0 saturated carbocycles. The summed E-state index contributed by atoms with van der Waals surface area (Å²) in [5.41, 5.74) is 0.745. The van der Waals surface area contributed by atoms with Gasteiger partial charge in [0.05, 0.1) is 32.2 Å². The van der Waals surface area contributed by atoms with Gasteiger partial charge in [-0.3, -0.25) is 9.11 Å². The van der Waals surface area contributed by atoms with Crippen LogP contribution >= 0.6 is 11.3 Å². The molecule has 2 heterocycles. The van der Waals surface area contributed by atoms with E-state index in [1.165, 1.54) is 25.1 Å². The van der Waals surface area contributed by atoms with E-state index < -0.39 is 41.6 Å². The lowest BCUT2D eigenvalue weighted by molar-refractivity contribution is 0.481. The third-order valence-corrected chi connectivity index (χ3v) is 8.30. The Morgan fingerprint density at radius 2 is 1.58 bits per heavy atom. The molecule has 0 radical (unpaired) electrons. The number of nitriles is 1. The number of aromatic nitrogens is 2. The summed E-state index contributed by atoms with van der Waals surface area (Å²) in [5, 5.41) is 23.4. The number of sulfone groups is 1. The molecule has 204 valence electrons. The zero-order valence-corrected chi connectivity index (χ0v) is 23.0. The normalized spacial score (nSPS) is 12.6. The Balaban J connectivity index is 2.02. The molecule has 0 spiro atoms. The van der Waals surface area contributed by atoms with Gasteiger partial charge in [0.15, 0.2) is 15.7 Å². The molecule has 3 aromatic rings. The van der Waals surface area contributed by atoms with Crippen molar-refractivity contribution in [3.8, 4) is 6.07 Å². The van der Waals surface area contributed by atoms with Crippen LogP contribution in [0.3, 0.4) is 0 Å². The van der Waals surface area contributed by atoms with Gasteiger partial charge in [-0.15, -0.1) is 10.2 Å². The molecular formula is C19H21N7O8S4. The fraction of sp³-hybridized carbons (Fsp3) is 0.316. The first-order chi connectivity index (χ1) is 17.6. The van der Waals surface area contributed by atoms with Crippen LogP contribution in [-0.4, -0.2) is 75.2 Å². The summed E-state index contributed by atoms with van der Waals surface area (Å²) in [5.74, 6) is -1.43. The Hall–Kier alpha value is -3.28. The van der Waals surface area contributed by atoms with E-state index in [0.717, 1.165) is 17.6 Å². The van der Waals surface area contributed by atoms with Crippen molar-refractivity contribution in [2.24, 2.45) is 10.2 Å². The third kappa shape index (κ3) is 7.86. The number of hydrogen-bond donors (Lipinski definition) is 4. The zero-order chi connectivity index (χ0) is 28.3. The second kappa shape index (κ2) is 11.2. The quantitative estimate of drug-likeness (QED) is 0.182. The predicted molar refractivity (Wildman–Crippen MR) is 140 cm³/mol. The van der Waals surface area contributed by atoms with E-state index in [1.54, 1.807) is 0 Å². The second-order valence-corrected chi connectivity index (χ2v) is 14.0. The van der Waals surface area contributed by atoms with Crippen LogP contribution in [0.1, 0.15) is 11.1 Å². The Morgan fingerprint density at radius 3 is 2.13 bits per heavy atom. The molecule has 3 rings (SSSR count). The molecule has 0 aliphatic carbocycles. The van der Waals surface area contributed by atoms with Gasteiger partial charge in [0.25, 0.3) is 20.2 Å². The number of pyridine rings is 1. The number of thiazole rings is 1. The van der Waals surface area contributed by atoms with E-state index in [0.29, 0.717) is 10.2 Å². The number of benzene rings is 1. The summed E-state index contributed by atoms with van der Waals surface area (Å²) in [4.78, 5) is 8.59. The molecule has 0 atom stereocenters. The summed E-state index contributed by atoms with van der Waals surface area (Å²) in [6, 6.07) is 6.32. The van der Waals surface area contributed by atoms with Crippen molar-refractivity contribution in [1.82, 2.24) is 9.97 Å². The lowest BCUT2D eigenvalue weighted by atomic mass is 10.1. The van der Waals surface area contributed by atoms with Gasteiger partial charge in [-0.05, 0) is 25.1 Å². The first kappa shape index (κ1) is 29.3. The van der Waals surface area contributed by atoms with Crippen molar-refractivity contribution in [1.29, 1.82) is 5.26 Å². The Morgan fingerprint density at radius 1 is 0.974 bits per heavy atom. The highest BCUT2D eigenvalue weighted by Gasteiger charge is 2.19. The maximum absolute atomic E-state index is 11.8. The molecule has 19 heteroatoms. The molecule has 0 amide bonds. The predicted octanol–water partition coefficient (Wildman–Crippen LogP) is 2.29. The fourth-order valence-corrected chi connectivity index (χ4v) is 5.33. The number of nitrogens with one attached hydrogen (secondary N) is 2. The maximum atomic E-state index is 11.8.